The molecule has 0 radical (unpaired) electrons. The molecule has 1 amide bonds. The van der Waals surface area contributed by atoms with Gasteiger partial charge in [0.15, 0.2) is 6.61 Å². The van der Waals surface area contributed by atoms with Crippen LogP contribution < -0.4 is 15.4 Å². The zero-order chi connectivity index (χ0) is 16.5. The molecular formula is C17H21N3O3. The largest absolute Gasteiger partial charge is 0.484 e. The molecule has 0 fully saturated rings. The zero-order valence-electron chi connectivity index (χ0n) is 13.1. The Balaban J connectivity index is 1.82. The first-order valence-corrected chi connectivity index (χ1v) is 7.53. The van der Waals surface area contributed by atoms with Crippen LogP contribution in [0.1, 0.15) is 12.5 Å². The molecule has 122 valence electrons. The third kappa shape index (κ3) is 5.60. The molecule has 0 unspecified atom stereocenters. The normalized spacial score (nSPS) is 10.2. The van der Waals surface area contributed by atoms with Gasteiger partial charge in [0.25, 0.3) is 5.91 Å². The monoisotopic (exact) mass is 315 g/mol. The number of hydrogen-bond donors (Lipinski definition) is 3. The first kappa shape index (κ1) is 16.8. The number of nitrogens with one attached hydrogen (secondary N) is 2. The van der Waals surface area contributed by atoms with Gasteiger partial charge in [0.2, 0.25) is 0 Å². The number of aromatic nitrogens is 1. The van der Waals surface area contributed by atoms with Gasteiger partial charge >= 0.3 is 0 Å². The van der Waals surface area contributed by atoms with E-state index in [9.17, 15) is 4.79 Å². The van der Waals surface area contributed by atoms with Crippen molar-refractivity contribution in [3.8, 4) is 5.75 Å². The molecule has 0 aliphatic heterocycles. The van der Waals surface area contributed by atoms with Crippen LogP contribution in [0.15, 0.2) is 42.6 Å². The summed E-state index contributed by atoms with van der Waals surface area (Å²) in [6, 6.07) is 11.2. The van der Waals surface area contributed by atoms with Gasteiger partial charge in [-0.2, -0.15) is 0 Å². The van der Waals surface area contributed by atoms with Crippen molar-refractivity contribution in [3.05, 3.63) is 48.2 Å². The van der Waals surface area contributed by atoms with Crippen molar-refractivity contribution in [2.24, 2.45) is 0 Å². The fraction of sp³-hybridized carbons (Fsp3) is 0.294. The van der Waals surface area contributed by atoms with Crippen LogP contribution in [0.5, 0.6) is 5.75 Å². The summed E-state index contributed by atoms with van der Waals surface area (Å²) in [6.07, 6.45) is 2.47. The number of aliphatic hydroxyl groups is 1. The highest BCUT2D eigenvalue weighted by Gasteiger charge is 2.05. The molecule has 23 heavy (non-hydrogen) atoms. The number of hydrogen-bond acceptors (Lipinski definition) is 5. The van der Waals surface area contributed by atoms with Crippen LogP contribution >= 0.6 is 0 Å². The highest BCUT2D eigenvalue weighted by atomic mass is 16.5. The molecule has 6 nitrogen and oxygen atoms in total. The van der Waals surface area contributed by atoms with Gasteiger partial charge < -0.3 is 20.5 Å². The molecule has 1 aromatic carbocycles. The SMILES string of the molecule is CCc1cccc(OCC(=O)Nc2ccc(NCCO)nc2)c1. The fourth-order valence-electron chi connectivity index (χ4n) is 1.96. The van der Waals surface area contributed by atoms with Crippen molar-refractivity contribution < 1.29 is 14.6 Å². The summed E-state index contributed by atoms with van der Waals surface area (Å²) >= 11 is 0. The Bertz CT molecular complexity index is 629. The van der Waals surface area contributed by atoms with Crippen molar-refractivity contribution in [2.75, 3.05) is 30.4 Å². The van der Waals surface area contributed by atoms with Crippen molar-refractivity contribution in [2.45, 2.75) is 13.3 Å². The maximum absolute atomic E-state index is 11.9. The van der Waals surface area contributed by atoms with E-state index < -0.39 is 0 Å². The second-order valence-electron chi connectivity index (χ2n) is 4.92. The number of pyridine rings is 1. The Hall–Kier alpha value is -2.60. The maximum Gasteiger partial charge on any atom is 0.262 e. The van der Waals surface area contributed by atoms with Gasteiger partial charge in [0, 0.05) is 6.54 Å². The van der Waals surface area contributed by atoms with Gasteiger partial charge in [-0.15, -0.1) is 0 Å². The van der Waals surface area contributed by atoms with Crippen LogP contribution in [0.4, 0.5) is 11.5 Å². The summed E-state index contributed by atoms with van der Waals surface area (Å²) < 4.78 is 5.49. The van der Waals surface area contributed by atoms with Crippen molar-refractivity contribution >= 4 is 17.4 Å². The first-order valence-electron chi connectivity index (χ1n) is 7.53. The van der Waals surface area contributed by atoms with Gasteiger partial charge in [-0.25, -0.2) is 4.98 Å². The van der Waals surface area contributed by atoms with Gasteiger partial charge in [-0.3, -0.25) is 4.79 Å². The number of carbonyl (C=O) groups is 1. The summed E-state index contributed by atoms with van der Waals surface area (Å²) in [4.78, 5) is 16.0. The standard InChI is InChI=1S/C17H21N3O3/c1-2-13-4-3-5-15(10-13)23-12-17(22)20-14-6-7-16(19-11-14)18-8-9-21/h3-7,10-11,21H,2,8-9,12H2,1H3,(H,18,19)(H,20,22). The van der Waals surface area contributed by atoms with Gasteiger partial charge in [-0.05, 0) is 36.2 Å². The first-order chi connectivity index (χ1) is 11.2. The number of nitrogens with zero attached hydrogens (tertiary/aromatic N) is 1. The molecule has 2 rings (SSSR count). The second-order valence-corrected chi connectivity index (χ2v) is 4.92. The summed E-state index contributed by atoms with van der Waals surface area (Å²) in [5, 5.41) is 14.4. The molecule has 2 aromatic rings. The molecule has 0 spiro atoms. The lowest BCUT2D eigenvalue weighted by Gasteiger charge is -2.09. The smallest absolute Gasteiger partial charge is 0.262 e. The van der Waals surface area contributed by atoms with E-state index in [1.54, 1.807) is 18.3 Å². The Morgan fingerprint density at radius 1 is 1.30 bits per heavy atom. The number of rotatable bonds is 8. The third-order valence-electron chi connectivity index (χ3n) is 3.14. The van der Waals surface area contributed by atoms with Crippen LogP contribution in [0.2, 0.25) is 0 Å². The average molecular weight is 315 g/mol. The Morgan fingerprint density at radius 3 is 2.87 bits per heavy atom. The van der Waals surface area contributed by atoms with E-state index in [0.717, 1.165) is 12.0 Å². The molecule has 0 aliphatic carbocycles. The second kappa shape index (κ2) is 8.75. The Labute approximate surface area is 135 Å². The molecule has 0 bridgehead atoms. The molecule has 6 heteroatoms. The lowest BCUT2D eigenvalue weighted by Crippen LogP contribution is -2.20. The molecule has 0 aliphatic rings. The lowest BCUT2D eigenvalue weighted by atomic mass is 10.2. The number of ether oxygens (including phenoxy) is 1. The number of aliphatic hydroxyl groups excluding tert-OH is 1. The summed E-state index contributed by atoms with van der Waals surface area (Å²) in [5.41, 5.74) is 1.76. The maximum atomic E-state index is 11.9. The highest BCUT2D eigenvalue weighted by Crippen LogP contribution is 2.14. The molecule has 1 aromatic heterocycles. The predicted molar refractivity (Wildman–Crippen MR) is 89.8 cm³/mol. The fourth-order valence-corrected chi connectivity index (χ4v) is 1.96. The van der Waals surface area contributed by atoms with Gasteiger partial charge in [0.05, 0.1) is 18.5 Å². The molecule has 3 N–H and O–H groups in total. The highest BCUT2D eigenvalue weighted by molar-refractivity contribution is 5.91. The lowest BCUT2D eigenvalue weighted by molar-refractivity contribution is -0.118. The van der Waals surface area contributed by atoms with Crippen molar-refractivity contribution in [3.63, 3.8) is 0 Å². The third-order valence-corrected chi connectivity index (χ3v) is 3.14. The summed E-state index contributed by atoms with van der Waals surface area (Å²) in [5.74, 6) is 1.08. The Morgan fingerprint density at radius 2 is 2.17 bits per heavy atom. The quantitative estimate of drug-likeness (QED) is 0.694. The van der Waals surface area contributed by atoms with Gasteiger partial charge in [-0.1, -0.05) is 19.1 Å². The van der Waals surface area contributed by atoms with E-state index in [0.29, 0.717) is 23.8 Å². The topological polar surface area (TPSA) is 83.5 Å². The van der Waals surface area contributed by atoms with E-state index in [1.165, 1.54) is 0 Å². The minimum atomic E-state index is -0.246. The number of carbonyl (C=O) groups excluding carboxylic acids is 1. The van der Waals surface area contributed by atoms with Gasteiger partial charge in [0.1, 0.15) is 11.6 Å². The van der Waals surface area contributed by atoms with Crippen LogP contribution in [0.3, 0.4) is 0 Å². The molecular weight excluding hydrogens is 294 g/mol. The minimum Gasteiger partial charge on any atom is -0.484 e. The number of anilines is 2. The van der Waals surface area contributed by atoms with Crippen LogP contribution in [-0.4, -0.2) is 35.8 Å². The molecule has 0 atom stereocenters. The van der Waals surface area contributed by atoms with Crippen molar-refractivity contribution in [1.82, 2.24) is 4.98 Å². The van der Waals surface area contributed by atoms with Crippen LogP contribution in [-0.2, 0) is 11.2 Å². The van der Waals surface area contributed by atoms with E-state index in [4.69, 9.17) is 9.84 Å². The van der Waals surface area contributed by atoms with Crippen LogP contribution in [0.25, 0.3) is 0 Å². The number of amides is 1. The van der Waals surface area contributed by atoms with E-state index in [-0.39, 0.29) is 19.1 Å². The molecule has 0 saturated carbocycles. The van der Waals surface area contributed by atoms with E-state index >= 15 is 0 Å². The van der Waals surface area contributed by atoms with Crippen LogP contribution in [0, 0.1) is 0 Å². The van der Waals surface area contributed by atoms with E-state index in [2.05, 4.69) is 22.5 Å². The molecule has 1 heterocycles. The summed E-state index contributed by atoms with van der Waals surface area (Å²) in [7, 11) is 0. The predicted octanol–water partition coefficient (Wildman–Crippen LogP) is 2.07. The Kier molecular flexibility index (Phi) is 6.38. The molecule has 0 saturated heterocycles. The minimum absolute atomic E-state index is 0.0384. The average Bonchev–Trinajstić information content (AvgIpc) is 2.59. The summed E-state index contributed by atoms with van der Waals surface area (Å²) in [6.45, 7) is 2.48. The van der Waals surface area contributed by atoms with Crippen molar-refractivity contribution in [1.29, 1.82) is 0 Å². The number of aryl methyl sites for hydroxylation is 1. The van der Waals surface area contributed by atoms with E-state index in [1.807, 2.05) is 24.3 Å². The number of benzene rings is 1. The zero-order valence-corrected chi connectivity index (χ0v) is 13.1.